The largest absolute Gasteiger partial charge is 0.393 e. The van der Waals surface area contributed by atoms with Crippen molar-refractivity contribution in [3.63, 3.8) is 0 Å². The van der Waals surface area contributed by atoms with Crippen molar-refractivity contribution in [3.05, 3.63) is 0 Å². The van der Waals surface area contributed by atoms with Gasteiger partial charge in [0, 0.05) is 0 Å². The topological polar surface area (TPSA) is 29.5 Å². The van der Waals surface area contributed by atoms with Gasteiger partial charge in [-0.15, -0.1) is 0 Å². The third-order valence-electron chi connectivity index (χ3n) is 3.33. The molecule has 0 heterocycles. The SMILES string of the molecule is OC1CCC(OC2CCCC2)CC1. The minimum atomic E-state index is -0.0524. The summed E-state index contributed by atoms with van der Waals surface area (Å²) in [5.74, 6) is 0. The van der Waals surface area contributed by atoms with E-state index < -0.39 is 0 Å². The fraction of sp³-hybridized carbons (Fsp3) is 1.00. The Labute approximate surface area is 80.3 Å². The standard InChI is InChI=1S/C11H20O2/c12-9-5-7-11(8-6-9)13-10-3-1-2-4-10/h9-12H,1-8H2. The fourth-order valence-corrected chi connectivity index (χ4v) is 2.48. The van der Waals surface area contributed by atoms with Crippen LogP contribution in [0.1, 0.15) is 51.4 Å². The highest BCUT2D eigenvalue weighted by molar-refractivity contribution is 4.75. The summed E-state index contributed by atoms with van der Waals surface area (Å²) in [6.45, 7) is 0. The van der Waals surface area contributed by atoms with E-state index in [1.54, 1.807) is 0 Å². The van der Waals surface area contributed by atoms with Crippen LogP contribution in [-0.2, 0) is 4.74 Å². The molecule has 0 aromatic rings. The maximum absolute atomic E-state index is 9.33. The molecule has 76 valence electrons. The molecule has 0 amide bonds. The number of rotatable bonds is 2. The van der Waals surface area contributed by atoms with Gasteiger partial charge in [0.1, 0.15) is 0 Å². The molecule has 0 aliphatic heterocycles. The summed E-state index contributed by atoms with van der Waals surface area (Å²) in [5, 5.41) is 9.33. The van der Waals surface area contributed by atoms with Crippen molar-refractivity contribution in [2.45, 2.75) is 69.7 Å². The molecule has 2 fully saturated rings. The van der Waals surface area contributed by atoms with Gasteiger partial charge in [0.15, 0.2) is 0 Å². The van der Waals surface area contributed by atoms with E-state index in [1.165, 1.54) is 25.7 Å². The van der Waals surface area contributed by atoms with E-state index in [4.69, 9.17) is 4.74 Å². The number of ether oxygens (including phenoxy) is 1. The maximum Gasteiger partial charge on any atom is 0.0580 e. The molecule has 0 radical (unpaired) electrons. The highest BCUT2D eigenvalue weighted by atomic mass is 16.5. The van der Waals surface area contributed by atoms with Crippen LogP contribution in [0.5, 0.6) is 0 Å². The van der Waals surface area contributed by atoms with Gasteiger partial charge in [-0.2, -0.15) is 0 Å². The zero-order valence-electron chi connectivity index (χ0n) is 8.24. The van der Waals surface area contributed by atoms with Crippen LogP contribution in [-0.4, -0.2) is 23.4 Å². The molecular formula is C11H20O2. The van der Waals surface area contributed by atoms with Crippen molar-refractivity contribution in [2.24, 2.45) is 0 Å². The van der Waals surface area contributed by atoms with Crippen LogP contribution < -0.4 is 0 Å². The summed E-state index contributed by atoms with van der Waals surface area (Å²) >= 11 is 0. The Bertz CT molecular complexity index is 144. The Morgan fingerprint density at radius 3 is 1.92 bits per heavy atom. The van der Waals surface area contributed by atoms with Gasteiger partial charge in [0.05, 0.1) is 18.3 Å². The van der Waals surface area contributed by atoms with Gasteiger partial charge in [-0.05, 0) is 38.5 Å². The molecule has 0 atom stereocenters. The molecule has 2 nitrogen and oxygen atoms in total. The summed E-state index contributed by atoms with van der Waals surface area (Å²) < 4.78 is 5.99. The third kappa shape index (κ3) is 2.68. The van der Waals surface area contributed by atoms with Crippen LogP contribution in [0.15, 0.2) is 0 Å². The van der Waals surface area contributed by atoms with Crippen molar-refractivity contribution in [3.8, 4) is 0 Å². The fourth-order valence-electron chi connectivity index (χ4n) is 2.48. The second-order valence-electron chi connectivity index (χ2n) is 4.47. The van der Waals surface area contributed by atoms with E-state index in [9.17, 15) is 5.11 Å². The van der Waals surface area contributed by atoms with Crippen LogP contribution in [0.4, 0.5) is 0 Å². The van der Waals surface area contributed by atoms with Crippen molar-refractivity contribution in [1.29, 1.82) is 0 Å². The van der Waals surface area contributed by atoms with Crippen LogP contribution in [0.25, 0.3) is 0 Å². The highest BCUT2D eigenvalue weighted by Gasteiger charge is 2.24. The second-order valence-corrected chi connectivity index (χ2v) is 4.47. The summed E-state index contributed by atoms with van der Waals surface area (Å²) in [4.78, 5) is 0. The molecule has 0 bridgehead atoms. The van der Waals surface area contributed by atoms with Crippen LogP contribution >= 0.6 is 0 Å². The summed E-state index contributed by atoms with van der Waals surface area (Å²) in [5.41, 5.74) is 0. The zero-order chi connectivity index (χ0) is 9.10. The first-order valence-corrected chi connectivity index (χ1v) is 5.68. The number of aliphatic hydroxyl groups excluding tert-OH is 1. The first-order chi connectivity index (χ1) is 6.34. The van der Waals surface area contributed by atoms with Gasteiger partial charge >= 0.3 is 0 Å². The minimum Gasteiger partial charge on any atom is -0.393 e. The summed E-state index contributed by atoms with van der Waals surface area (Å²) in [6, 6.07) is 0. The predicted molar refractivity (Wildman–Crippen MR) is 51.6 cm³/mol. The van der Waals surface area contributed by atoms with Crippen molar-refractivity contribution >= 4 is 0 Å². The average molecular weight is 184 g/mol. The van der Waals surface area contributed by atoms with Crippen molar-refractivity contribution < 1.29 is 9.84 Å². The molecule has 0 unspecified atom stereocenters. The Morgan fingerprint density at radius 2 is 1.31 bits per heavy atom. The number of hydrogen-bond donors (Lipinski definition) is 1. The normalized spacial score (nSPS) is 36.7. The van der Waals surface area contributed by atoms with E-state index >= 15 is 0 Å². The van der Waals surface area contributed by atoms with Crippen molar-refractivity contribution in [2.75, 3.05) is 0 Å². The quantitative estimate of drug-likeness (QED) is 0.713. The predicted octanol–water partition coefficient (Wildman–Crippen LogP) is 2.25. The number of hydrogen-bond acceptors (Lipinski definition) is 2. The molecule has 0 aromatic heterocycles. The first kappa shape index (κ1) is 9.47. The average Bonchev–Trinajstić information content (AvgIpc) is 2.62. The van der Waals surface area contributed by atoms with Gasteiger partial charge in [0.25, 0.3) is 0 Å². The van der Waals surface area contributed by atoms with E-state index in [1.807, 2.05) is 0 Å². The Balaban J connectivity index is 1.69. The third-order valence-corrected chi connectivity index (χ3v) is 3.33. The van der Waals surface area contributed by atoms with Gasteiger partial charge in [-0.1, -0.05) is 12.8 Å². The highest BCUT2D eigenvalue weighted by Crippen LogP contribution is 2.27. The lowest BCUT2D eigenvalue weighted by molar-refractivity contribution is -0.0446. The van der Waals surface area contributed by atoms with E-state index in [2.05, 4.69) is 0 Å². The molecule has 2 saturated carbocycles. The Hall–Kier alpha value is -0.0800. The minimum absolute atomic E-state index is 0.0524. The molecule has 0 spiro atoms. The lowest BCUT2D eigenvalue weighted by Gasteiger charge is -2.28. The first-order valence-electron chi connectivity index (χ1n) is 5.68. The monoisotopic (exact) mass is 184 g/mol. The number of aliphatic hydroxyl groups is 1. The summed E-state index contributed by atoms with van der Waals surface area (Å²) in [7, 11) is 0. The zero-order valence-corrected chi connectivity index (χ0v) is 8.24. The van der Waals surface area contributed by atoms with E-state index in [0.29, 0.717) is 12.2 Å². The van der Waals surface area contributed by atoms with Gasteiger partial charge in [-0.25, -0.2) is 0 Å². The molecule has 1 N–H and O–H groups in total. The molecule has 2 aliphatic rings. The maximum atomic E-state index is 9.33. The van der Waals surface area contributed by atoms with Crippen molar-refractivity contribution in [1.82, 2.24) is 0 Å². The van der Waals surface area contributed by atoms with Crippen LogP contribution in [0.2, 0.25) is 0 Å². The molecule has 2 rings (SSSR count). The molecular weight excluding hydrogens is 164 g/mol. The Kier molecular flexibility index (Phi) is 3.23. The molecule has 13 heavy (non-hydrogen) atoms. The van der Waals surface area contributed by atoms with Gasteiger partial charge in [0.2, 0.25) is 0 Å². The van der Waals surface area contributed by atoms with Gasteiger partial charge in [-0.3, -0.25) is 0 Å². The van der Waals surface area contributed by atoms with Crippen LogP contribution in [0, 0.1) is 0 Å². The smallest absolute Gasteiger partial charge is 0.0580 e. The second kappa shape index (κ2) is 4.43. The van der Waals surface area contributed by atoms with E-state index in [-0.39, 0.29) is 6.10 Å². The van der Waals surface area contributed by atoms with E-state index in [0.717, 1.165) is 25.7 Å². The molecule has 0 saturated heterocycles. The Morgan fingerprint density at radius 1 is 0.769 bits per heavy atom. The van der Waals surface area contributed by atoms with Gasteiger partial charge < -0.3 is 9.84 Å². The summed E-state index contributed by atoms with van der Waals surface area (Å²) in [6.07, 6.45) is 10.2. The van der Waals surface area contributed by atoms with Crippen LogP contribution in [0.3, 0.4) is 0 Å². The lowest BCUT2D eigenvalue weighted by atomic mass is 9.95. The molecule has 0 aromatic carbocycles. The molecule has 2 aliphatic carbocycles. The molecule has 2 heteroatoms. The lowest BCUT2D eigenvalue weighted by Crippen LogP contribution is -2.27.